The van der Waals surface area contributed by atoms with Gasteiger partial charge in [-0.25, -0.2) is 0 Å². The zero-order valence-electron chi connectivity index (χ0n) is 12.0. The number of carbonyl (C=O) groups is 1. The summed E-state index contributed by atoms with van der Waals surface area (Å²) < 4.78 is 38.9. The van der Waals surface area contributed by atoms with Crippen LogP contribution in [0.15, 0.2) is 18.2 Å². The lowest BCUT2D eigenvalue weighted by molar-refractivity contribution is -0.137. The van der Waals surface area contributed by atoms with Crippen LogP contribution in [-0.4, -0.2) is 25.5 Å². The number of carbonyl (C=O) groups excluding carboxylic acids is 1. The molecule has 114 valence electrons. The van der Waals surface area contributed by atoms with E-state index in [0.29, 0.717) is 0 Å². The highest BCUT2D eigenvalue weighted by Gasteiger charge is 2.34. The molecule has 7 heteroatoms. The minimum atomic E-state index is -4.61. The maximum Gasteiger partial charge on any atom is 0.417 e. The summed E-state index contributed by atoms with van der Waals surface area (Å²) >= 11 is 0. The molecule has 0 saturated heterocycles. The van der Waals surface area contributed by atoms with Crippen LogP contribution in [-0.2, 0) is 11.0 Å². The van der Waals surface area contributed by atoms with E-state index in [0.717, 1.165) is 12.1 Å². The fourth-order valence-electron chi connectivity index (χ4n) is 1.85. The summed E-state index contributed by atoms with van der Waals surface area (Å²) in [6.07, 6.45) is -4.61. The topological polar surface area (TPSA) is 56.1 Å². The van der Waals surface area contributed by atoms with Crippen molar-refractivity contribution in [2.75, 3.05) is 18.5 Å². The lowest BCUT2D eigenvalue weighted by Crippen LogP contribution is -2.40. The van der Waals surface area contributed by atoms with Crippen LogP contribution in [0.25, 0.3) is 0 Å². The molecule has 0 radical (unpaired) electrons. The molecule has 4 nitrogen and oxygen atoms in total. The molecule has 21 heavy (non-hydrogen) atoms. The largest absolute Gasteiger partial charge is 0.417 e. The number of likely N-dealkylation sites (N-methyl/N-ethyl adjacent to an activating group) is 1. The maximum atomic E-state index is 13.0. The third-order valence-corrected chi connectivity index (χ3v) is 2.98. The van der Waals surface area contributed by atoms with Crippen LogP contribution in [0.1, 0.15) is 25.0 Å². The van der Waals surface area contributed by atoms with Gasteiger partial charge in [0.25, 0.3) is 0 Å². The molecule has 0 saturated carbocycles. The molecule has 0 aromatic heterocycles. The second-order valence-electron chi connectivity index (χ2n) is 4.73. The fraction of sp³-hybridized carbons (Fsp3) is 0.429. The van der Waals surface area contributed by atoms with Crippen molar-refractivity contribution in [1.29, 1.82) is 5.26 Å². The minimum absolute atomic E-state index is 0.0582. The van der Waals surface area contributed by atoms with E-state index in [2.05, 4.69) is 5.32 Å². The van der Waals surface area contributed by atoms with Crippen molar-refractivity contribution in [2.45, 2.75) is 26.1 Å². The van der Waals surface area contributed by atoms with Crippen molar-refractivity contribution in [1.82, 2.24) is 5.32 Å². The second-order valence-corrected chi connectivity index (χ2v) is 4.73. The Hall–Kier alpha value is -2.23. The molecule has 0 bridgehead atoms. The first-order valence-corrected chi connectivity index (χ1v) is 6.29. The van der Waals surface area contributed by atoms with Gasteiger partial charge in [-0.15, -0.1) is 0 Å². The van der Waals surface area contributed by atoms with Crippen molar-refractivity contribution >= 4 is 11.6 Å². The Morgan fingerprint density at radius 3 is 2.48 bits per heavy atom. The summed E-state index contributed by atoms with van der Waals surface area (Å²) in [6.45, 7) is 3.49. The molecule has 0 spiro atoms. The van der Waals surface area contributed by atoms with E-state index in [1.807, 2.05) is 0 Å². The normalized spacial score (nSPS) is 11.1. The molecule has 1 amide bonds. The predicted octanol–water partition coefficient (Wildman–Crippen LogP) is 2.54. The molecule has 0 fully saturated rings. The van der Waals surface area contributed by atoms with Gasteiger partial charge in [0.1, 0.15) is 0 Å². The summed E-state index contributed by atoms with van der Waals surface area (Å²) in [4.78, 5) is 13.0. The van der Waals surface area contributed by atoms with Crippen LogP contribution >= 0.6 is 0 Å². The Labute approximate surface area is 121 Å². The summed E-state index contributed by atoms with van der Waals surface area (Å²) in [5.41, 5.74) is -1.18. The summed E-state index contributed by atoms with van der Waals surface area (Å²) in [5, 5.41) is 11.2. The van der Waals surface area contributed by atoms with E-state index in [4.69, 9.17) is 5.26 Å². The summed E-state index contributed by atoms with van der Waals surface area (Å²) in [7, 11) is 1.46. The number of hydrogen-bond donors (Lipinski definition) is 1. The van der Waals surface area contributed by atoms with Gasteiger partial charge in [0.15, 0.2) is 0 Å². The second kappa shape index (κ2) is 6.48. The van der Waals surface area contributed by atoms with Crippen LogP contribution in [0.2, 0.25) is 0 Å². The molecule has 0 aliphatic carbocycles. The minimum Gasteiger partial charge on any atom is -0.360 e. The number of nitrogens with one attached hydrogen (secondary N) is 1. The maximum absolute atomic E-state index is 13.0. The van der Waals surface area contributed by atoms with Crippen molar-refractivity contribution in [3.05, 3.63) is 29.3 Å². The first-order valence-electron chi connectivity index (χ1n) is 6.29. The van der Waals surface area contributed by atoms with E-state index in [1.54, 1.807) is 13.8 Å². The van der Waals surface area contributed by atoms with Gasteiger partial charge in [0.05, 0.1) is 23.7 Å². The van der Waals surface area contributed by atoms with Gasteiger partial charge in [-0.1, -0.05) is 0 Å². The van der Waals surface area contributed by atoms with Gasteiger partial charge in [0.2, 0.25) is 5.91 Å². The molecule has 1 rings (SSSR count). The van der Waals surface area contributed by atoms with E-state index in [9.17, 15) is 18.0 Å². The third kappa shape index (κ3) is 4.12. The van der Waals surface area contributed by atoms with Crippen molar-refractivity contribution in [2.24, 2.45) is 0 Å². The molecule has 0 unspecified atom stereocenters. The number of benzene rings is 1. The standard InChI is InChI=1S/C14H16F3N3O/c1-9(2)20(8-13(21)19-3)11-5-4-10(7-18)12(6-11)14(15,16)17/h4-6,9H,8H2,1-3H3,(H,19,21). The van der Waals surface area contributed by atoms with Crippen LogP contribution in [0.4, 0.5) is 18.9 Å². The molecule has 0 atom stereocenters. The van der Waals surface area contributed by atoms with Gasteiger partial charge in [0, 0.05) is 18.8 Å². The molecule has 0 aliphatic rings. The Morgan fingerprint density at radius 1 is 1.43 bits per heavy atom. The third-order valence-electron chi connectivity index (χ3n) is 2.98. The lowest BCUT2D eigenvalue weighted by Gasteiger charge is -2.29. The summed E-state index contributed by atoms with van der Waals surface area (Å²) in [6, 6.07) is 4.80. The number of halogens is 3. The van der Waals surface area contributed by atoms with Gasteiger partial charge < -0.3 is 10.2 Å². The highest BCUT2D eigenvalue weighted by molar-refractivity contribution is 5.81. The van der Waals surface area contributed by atoms with Crippen molar-refractivity contribution in [3.63, 3.8) is 0 Å². The van der Waals surface area contributed by atoms with Gasteiger partial charge >= 0.3 is 6.18 Å². The number of rotatable bonds is 4. The quantitative estimate of drug-likeness (QED) is 0.929. The van der Waals surface area contributed by atoms with Crippen LogP contribution in [0.3, 0.4) is 0 Å². The van der Waals surface area contributed by atoms with Crippen LogP contribution < -0.4 is 10.2 Å². The van der Waals surface area contributed by atoms with Gasteiger partial charge in [-0.05, 0) is 32.0 Å². The Bertz CT molecular complexity index is 562. The van der Waals surface area contributed by atoms with Crippen LogP contribution in [0.5, 0.6) is 0 Å². The fourth-order valence-corrected chi connectivity index (χ4v) is 1.85. The smallest absolute Gasteiger partial charge is 0.360 e. The molecule has 1 aromatic carbocycles. The average Bonchev–Trinajstić information content (AvgIpc) is 2.42. The van der Waals surface area contributed by atoms with Crippen LogP contribution in [0, 0.1) is 11.3 Å². The molecule has 1 aromatic rings. The molecule has 1 N–H and O–H groups in total. The van der Waals surface area contributed by atoms with Gasteiger partial charge in [-0.3, -0.25) is 4.79 Å². The first kappa shape index (κ1) is 16.8. The van der Waals surface area contributed by atoms with E-state index in [-0.39, 0.29) is 24.2 Å². The van der Waals surface area contributed by atoms with E-state index in [1.165, 1.54) is 24.1 Å². The summed E-state index contributed by atoms with van der Waals surface area (Å²) in [5.74, 6) is -0.304. The Morgan fingerprint density at radius 2 is 2.05 bits per heavy atom. The number of amides is 1. The Balaban J connectivity index is 3.28. The van der Waals surface area contributed by atoms with Crippen molar-refractivity contribution < 1.29 is 18.0 Å². The number of anilines is 1. The molecular weight excluding hydrogens is 283 g/mol. The zero-order chi connectivity index (χ0) is 16.2. The van der Waals surface area contributed by atoms with Gasteiger partial charge in [-0.2, -0.15) is 18.4 Å². The number of hydrogen-bond acceptors (Lipinski definition) is 3. The predicted molar refractivity (Wildman–Crippen MR) is 72.7 cm³/mol. The molecule has 0 heterocycles. The zero-order valence-corrected chi connectivity index (χ0v) is 12.0. The number of alkyl halides is 3. The highest BCUT2D eigenvalue weighted by atomic mass is 19.4. The Kier molecular flexibility index (Phi) is 5.19. The number of nitriles is 1. The first-order chi connectivity index (χ1) is 9.70. The number of nitrogens with zero attached hydrogens (tertiary/aromatic N) is 2. The van der Waals surface area contributed by atoms with E-state index >= 15 is 0 Å². The monoisotopic (exact) mass is 299 g/mol. The van der Waals surface area contributed by atoms with Crippen molar-refractivity contribution in [3.8, 4) is 6.07 Å². The average molecular weight is 299 g/mol. The van der Waals surface area contributed by atoms with E-state index < -0.39 is 17.3 Å². The molecule has 0 aliphatic heterocycles. The lowest BCUT2D eigenvalue weighted by atomic mass is 10.1. The molecular formula is C14H16F3N3O. The highest BCUT2D eigenvalue weighted by Crippen LogP contribution is 2.34. The SMILES string of the molecule is CNC(=O)CN(c1ccc(C#N)c(C(F)(F)F)c1)C(C)C.